The number of hydrogen-bond acceptors (Lipinski definition) is 4. The van der Waals surface area contributed by atoms with Crippen molar-refractivity contribution < 1.29 is 14.3 Å². The molecule has 0 aliphatic carbocycles. The number of hydrogen-bond donors (Lipinski definition) is 2. The largest absolute Gasteiger partial charge is 0.379 e. The first-order valence-corrected chi connectivity index (χ1v) is 5.99. The molecule has 112 valence electrons. The van der Waals surface area contributed by atoms with E-state index in [1.54, 1.807) is 20.4 Å². The highest BCUT2D eigenvalue weighted by atomic mass is 35.5. The molecule has 0 bridgehead atoms. The number of anilines is 1. The van der Waals surface area contributed by atoms with Crippen molar-refractivity contribution in [2.24, 2.45) is 0 Å². The molecule has 0 aliphatic heterocycles. The van der Waals surface area contributed by atoms with Gasteiger partial charge in [-0.25, -0.2) is 0 Å². The second-order valence-electron chi connectivity index (χ2n) is 3.90. The van der Waals surface area contributed by atoms with E-state index in [1.165, 1.54) is 6.92 Å². The topological polar surface area (TPSA) is 59.6 Å². The van der Waals surface area contributed by atoms with Crippen molar-refractivity contribution in [2.75, 3.05) is 26.1 Å². The van der Waals surface area contributed by atoms with E-state index in [2.05, 4.69) is 10.6 Å². The Balaban J connectivity index is 0.00000361. The first-order chi connectivity index (χ1) is 9.17. The third-order valence-electron chi connectivity index (χ3n) is 2.50. The van der Waals surface area contributed by atoms with Crippen molar-refractivity contribution in [1.82, 2.24) is 5.32 Å². The summed E-state index contributed by atoms with van der Waals surface area (Å²) in [6.07, 6.45) is 3.15. The lowest BCUT2D eigenvalue weighted by Crippen LogP contribution is -2.23. The number of para-hydroxylation sites is 1. The zero-order valence-corrected chi connectivity index (χ0v) is 12.7. The van der Waals surface area contributed by atoms with Crippen molar-refractivity contribution in [1.29, 1.82) is 0 Å². The van der Waals surface area contributed by atoms with E-state index in [0.717, 1.165) is 11.3 Å². The third kappa shape index (κ3) is 6.56. The summed E-state index contributed by atoms with van der Waals surface area (Å²) < 4.78 is 10.2. The molecule has 20 heavy (non-hydrogen) atoms. The van der Waals surface area contributed by atoms with Crippen LogP contribution >= 0.6 is 12.4 Å². The van der Waals surface area contributed by atoms with E-state index in [9.17, 15) is 4.79 Å². The van der Waals surface area contributed by atoms with Gasteiger partial charge in [0.25, 0.3) is 0 Å². The summed E-state index contributed by atoms with van der Waals surface area (Å²) in [6, 6.07) is 7.78. The summed E-state index contributed by atoms with van der Waals surface area (Å²) in [6.45, 7) is 2.01. The van der Waals surface area contributed by atoms with Crippen molar-refractivity contribution in [3.8, 4) is 0 Å². The Hall–Kier alpha value is -1.56. The predicted octanol–water partition coefficient (Wildman–Crippen LogP) is 2.25. The number of benzene rings is 1. The molecule has 0 saturated heterocycles. The molecule has 1 aromatic carbocycles. The number of amides is 1. The summed E-state index contributed by atoms with van der Waals surface area (Å²) in [4.78, 5) is 10.8. The van der Waals surface area contributed by atoms with E-state index in [0.29, 0.717) is 6.54 Å². The van der Waals surface area contributed by atoms with Gasteiger partial charge >= 0.3 is 0 Å². The molecule has 0 radical (unpaired) electrons. The van der Waals surface area contributed by atoms with Crippen LogP contribution in [0, 0.1) is 0 Å². The summed E-state index contributed by atoms with van der Waals surface area (Å²) >= 11 is 0. The molecule has 0 unspecified atom stereocenters. The smallest absolute Gasteiger partial charge is 0.220 e. The van der Waals surface area contributed by atoms with Gasteiger partial charge < -0.3 is 20.1 Å². The Morgan fingerprint density at radius 1 is 1.30 bits per heavy atom. The van der Waals surface area contributed by atoms with Gasteiger partial charge in [-0.3, -0.25) is 4.79 Å². The van der Waals surface area contributed by atoms with Crippen LogP contribution in [-0.4, -0.2) is 33.0 Å². The Bertz CT molecular complexity index is 434. The lowest BCUT2D eigenvalue weighted by atomic mass is 10.1. The van der Waals surface area contributed by atoms with Gasteiger partial charge in [0.15, 0.2) is 6.29 Å². The molecule has 0 heterocycles. The number of ether oxygens (including phenoxy) is 2. The van der Waals surface area contributed by atoms with Crippen LogP contribution < -0.4 is 10.6 Å². The van der Waals surface area contributed by atoms with Gasteiger partial charge in [0, 0.05) is 33.0 Å². The van der Waals surface area contributed by atoms with Crippen LogP contribution in [0.3, 0.4) is 0 Å². The molecular formula is C14H21ClN2O3. The molecule has 0 fully saturated rings. The van der Waals surface area contributed by atoms with Gasteiger partial charge in [-0.2, -0.15) is 0 Å². The maximum Gasteiger partial charge on any atom is 0.220 e. The first kappa shape index (κ1) is 18.4. The predicted molar refractivity (Wildman–Crippen MR) is 82.8 cm³/mol. The normalized spacial score (nSPS) is 10.4. The standard InChI is InChI=1S/C14H20N2O3.ClH/c1-11(17)15-9-8-12-6-4-5-7-13(12)16-10-14(18-2)19-3;/h4-9,14,16H,10H2,1-3H3,(H,15,17);1H. The summed E-state index contributed by atoms with van der Waals surface area (Å²) in [5.74, 6) is -0.0967. The first-order valence-electron chi connectivity index (χ1n) is 5.99. The fraction of sp³-hybridized carbons (Fsp3) is 0.357. The molecule has 0 atom stereocenters. The molecular weight excluding hydrogens is 280 g/mol. The minimum Gasteiger partial charge on any atom is -0.379 e. The highest BCUT2D eigenvalue weighted by Gasteiger charge is 2.05. The summed E-state index contributed by atoms with van der Waals surface area (Å²) in [7, 11) is 3.19. The number of halogens is 1. The van der Waals surface area contributed by atoms with Crippen LogP contribution in [0.25, 0.3) is 6.08 Å². The van der Waals surface area contributed by atoms with Crippen molar-refractivity contribution in [2.45, 2.75) is 13.2 Å². The SMILES string of the molecule is COC(CNc1ccccc1C=CNC(C)=O)OC.Cl. The van der Waals surface area contributed by atoms with Crippen molar-refractivity contribution >= 4 is 30.1 Å². The van der Waals surface area contributed by atoms with E-state index < -0.39 is 0 Å². The van der Waals surface area contributed by atoms with E-state index >= 15 is 0 Å². The van der Waals surface area contributed by atoms with Gasteiger partial charge in [0.1, 0.15) is 0 Å². The number of carbonyl (C=O) groups is 1. The summed E-state index contributed by atoms with van der Waals surface area (Å²) in [5, 5.41) is 5.85. The molecule has 0 aliphatic rings. The molecule has 6 heteroatoms. The Morgan fingerprint density at radius 3 is 2.55 bits per heavy atom. The van der Waals surface area contributed by atoms with Crippen LogP contribution in [0.15, 0.2) is 30.5 Å². The Kier molecular flexibility index (Phi) is 9.45. The molecule has 1 rings (SSSR count). The quantitative estimate of drug-likeness (QED) is 0.758. The Morgan fingerprint density at radius 2 is 1.95 bits per heavy atom. The van der Waals surface area contributed by atoms with Gasteiger partial charge in [0.05, 0.1) is 6.54 Å². The second-order valence-corrected chi connectivity index (χ2v) is 3.90. The zero-order valence-electron chi connectivity index (χ0n) is 11.9. The monoisotopic (exact) mass is 300 g/mol. The van der Waals surface area contributed by atoms with Gasteiger partial charge in [-0.05, 0) is 17.7 Å². The van der Waals surface area contributed by atoms with E-state index in [4.69, 9.17) is 9.47 Å². The van der Waals surface area contributed by atoms with Gasteiger partial charge in [-0.1, -0.05) is 18.2 Å². The molecule has 2 N–H and O–H groups in total. The van der Waals surface area contributed by atoms with Gasteiger partial charge in [0.2, 0.25) is 5.91 Å². The lowest BCUT2D eigenvalue weighted by molar-refractivity contribution is -0.118. The van der Waals surface area contributed by atoms with Gasteiger partial charge in [-0.15, -0.1) is 12.4 Å². The highest BCUT2D eigenvalue weighted by Crippen LogP contribution is 2.16. The number of nitrogens with one attached hydrogen (secondary N) is 2. The fourth-order valence-electron chi connectivity index (χ4n) is 1.51. The molecule has 0 aromatic heterocycles. The average Bonchev–Trinajstić information content (AvgIpc) is 2.41. The fourth-order valence-corrected chi connectivity index (χ4v) is 1.51. The van der Waals surface area contributed by atoms with Crippen LogP contribution in [0.1, 0.15) is 12.5 Å². The molecule has 0 spiro atoms. The molecule has 0 saturated carbocycles. The zero-order chi connectivity index (χ0) is 14.1. The lowest BCUT2D eigenvalue weighted by Gasteiger charge is -2.16. The molecule has 1 aromatic rings. The average molecular weight is 301 g/mol. The number of rotatable bonds is 7. The minimum atomic E-state index is -0.299. The highest BCUT2D eigenvalue weighted by molar-refractivity contribution is 5.85. The van der Waals surface area contributed by atoms with Crippen LogP contribution in [0.4, 0.5) is 5.69 Å². The van der Waals surface area contributed by atoms with Crippen LogP contribution in [0.5, 0.6) is 0 Å². The number of carbonyl (C=O) groups excluding carboxylic acids is 1. The van der Waals surface area contributed by atoms with Crippen LogP contribution in [0.2, 0.25) is 0 Å². The van der Waals surface area contributed by atoms with E-state index in [-0.39, 0.29) is 24.6 Å². The third-order valence-corrected chi connectivity index (χ3v) is 2.50. The molecule has 5 nitrogen and oxygen atoms in total. The molecule has 1 amide bonds. The van der Waals surface area contributed by atoms with Crippen molar-refractivity contribution in [3.05, 3.63) is 36.0 Å². The van der Waals surface area contributed by atoms with Crippen LogP contribution in [-0.2, 0) is 14.3 Å². The number of methoxy groups -OCH3 is 2. The maximum atomic E-state index is 10.8. The maximum absolute atomic E-state index is 10.8. The second kappa shape index (κ2) is 10.3. The minimum absolute atomic E-state index is 0. The van der Waals surface area contributed by atoms with Crippen molar-refractivity contribution in [3.63, 3.8) is 0 Å². The Labute approximate surface area is 125 Å². The summed E-state index contributed by atoms with van der Waals surface area (Å²) in [5.41, 5.74) is 1.92. The van der Waals surface area contributed by atoms with E-state index in [1.807, 2.05) is 30.3 Å².